The summed E-state index contributed by atoms with van der Waals surface area (Å²) < 4.78 is 6.62. The summed E-state index contributed by atoms with van der Waals surface area (Å²) in [6, 6.07) is 14.4. The summed E-state index contributed by atoms with van der Waals surface area (Å²) in [5.41, 5.74) is 0.498. The van der Waals surface area contributed by atoms with Crippen LogP contribution in [0.15, 0.2) is 58.7 Å². The lowest BCUT2D eigenvalue weighted by Crippen LogP contribution is -2.31. The third-order valence-electron chi connectivity index (χ3n) is 3.91. The number of rotatable bonds is 8. The molecule has 1 amide bonds. The number of halogens is 1. The van der Waals surface area contributed by atoms with Crippen LogP contribution in [0.5, 0.6) is 11.5 Å². The van der Waals surface area contributed by atoms with E-state index in [9.17, 15) is 14.7 Å². The van der Waals surface area contributed by atoms with Crippen molar-refractivity contribution in [3.8, 4) is 11.5 Å². The minimum absolute atomic E-state index is 0.151. The third kappa shape index (κ3) is 6.25. The molecule has 2 rings (SSSR count). The van der Waals surface area contributed by atoms with Crippen molar-refractivity contribution in [2.24, 2.45) is 5.92 Å². The van der Waals surface area contributed by atoms with Crippen LogP contribution in [0.4, 0.5) is 0 Å². The minimum atomic E-state index is -1.18. The Bertz CT molecular complexity index is 830. The molecule has 27 heavy (non-hydrogen) atoms. The molecule has 1 atom stereocenters. The number of nitrogens with one attached hydrogen (secondary N) is 1. The van der Waals surface area contributed by atoms with E-state index in [4.69, 9.17) is 4.74 Å². The maximum absolute atomic E-state index is 12.1. The largest absolute Gasteiger partial charge is 0.477 e. The van der Waals surface area contributed by atoms with Crippen LogP contribution < -0.4 is 10.1 Å². The molecule has 0 fully saturated rings. The second kappa shape index (κ2) is 9.92. The first-order valence-electron chi connectivity index (χ1n) is 8.69. The van der Waals surface area contributed by atoms with Crippen molar-refractivity contribution >= 4 is 33.9 Å². The van der Waals surface area contributed by atoms with Crippen LogP contribution in [0.1, 0.15) is 32.3 Å². The summed E-state index contributed by atoms with van der Waals surface area (Å²) in [7, 11) is 0. The van der Waals surface area contributed by atoms with Gasteiger partial charge in [0.25, 0.3) is 0 Å². The number of hydrogen-bond donors (Lipinski definition) is 2. The predicted molar refractivity (Wildman–Crippen MR) is 108 cm³/mol. The zero-order valence-electron chi connectivity index (χ0n) is 15.2. The van der Waals surface area contributed by atoms with Crippen LogP contribution in [0.25, 0.3) is 6.08 Å². The van der Waals surface area contributed by atoms with E-state index < -0.39 is 5.97 Å². The van der Waals surface area contributed by atoms with Gasteiger partial charge in [0, 0.05) is 5.92 Å². The Labute approximate surface area is 167 Å². The molecule has 2 aromatic rings. The van der Waals surface area contributed by atoms with Gasteiger partial charge in [0.05, 0.1) is 4.47 Å². The van der Waals surface area contributed by atoms with Crippen LogP contribution in [-0.2, 0) is 9.59 Å². The Morgan fingerprint density at radius 2 is 1.85 bits per heavy atom. The SMILES string of the molecule is CCCC(C)C(=O)NC(=Cc1ccc(Oc2ccccc2Br)cc1)C(=O)O. The van der Waals surface area contributed by atoms with Gasteiger partial charge in [0.15, 0.2) is 0 Å². The Balaban J connectivity index is 2.12. The molecule has 0 aliphatic carbocycles. The summed E-state index contributed by atoms with van der Waals surface area (Å²) >= 11 is 3.42. The number of carbonyl (C=O) groups is 2. The summed E-state index contributed by atoms with van der Waals surface area (Å²) in [6.45, 7) is 3.77. The number of benzene rings is 2. The number of para-hydroxylation sites is 1. The molecule has 0 spiro atoms. The van der Waals surface area contributed by atoms with E-state index in [0.717, 1.165) is 10.9 Å². The van der Waals surface area contributed by atoms with Gasteiger partial charge in [-0.1, -0.05) is 44.5 Å². The quantitative estimate of drug-likeness (QED) is 0.561. The second-order valence-corrected chi connectivity index (χ2v) is 7.00. The van der Waals surface area contributed by atoms with Crippen LogP contribution in [-0.4, -0.2) is 17.0 Å². The number of carboxylic acid groups (broad SMARTS) is 1. The second-order valence-electron chi connectivity index (χ2n) is 6.14. The fraction of sp³-hybridized carbons (Fsp3) is 0.238. The van der Waals surface area contributed by atoms with E-state index in [2.05, 4.69) is 21.2 Å². The third-order valence-corrected chi connectivity index (χ3v) is 4.57. The lowest BCUT2D eigenvalue weighted by atomic mass is 10.1. The Hall–Kier alpha value is -2.60. The van der Waals surface area contributed by atoms with Gasteiger partial charge in [-0.05, 0) is 58.3 Å². The van der Waals surface area contributed by atoms with Gasteiger partial charge in [0.1, 0.15) is 17.2 Å². The van der Waals surface area contributed by atoms with E-state index in [1.54, 1.807) is 31.2 Å². The van der Waals surface area contributed by atoms with Gasteiger partial charge in [-0.15, -0.1) is 0 Å². The lowest BCUT2D eigenvalue weighted by molar-refractivity contribution is -0.135. The molecule has 0 radical (unpaired) electrons. The highest BCUT2D eigenvalue weighted by Crippen LogP contribution is 2.29. The molecule has 2 aromatic carbocycles. The first kappa shape index (κ1) is 20.7. The van der Waals surface area contributed by atoms with Gasteiger partial charge in [0.2, 0.25) is 5.91 Å². The predicted octanol–water partition coefficient (Wildman–Crippen LogP) is 5.22. The molecule has 2 N–H and O–H groups in total. The van der Waals surface area contributed by atoms with Crippen LogP contribution in [0, 0.1) is 5.92 Å². The average Bonchev–Trinajstić information content (AvgIpc) is 2.64. The molecule has 0 aromatic heterocycles. The molecule has 0 bridgehead atoms. The fourth-order valence-electron chi connectivity index (χ4n) is 2.42. The Morgan fingerprint density at radius 1 is 1.19 bits per heavy atom. The molecule has 0 heterocycles. The highest BCUT2D eigenvalue weighted by molar-refractivity contribution is 9.10. The maximum Gasteiger partial charge on any atom is 0.352 e. The van der Waals surface area contributed by atoms with E-state index in [0.29, 0.717) is 23.5 Å². The first-order valence-corrected chi connectivity index (χ1v) is 9.48. The first-order chi connectivity index (χ1) is 12.9. The zero-order chi connectivity index (χ0) is 19.8. The number of amides is 1. The molecule has 1 unspecified atom stereocenters. The normalized spacial score (nSPS) is 12.3. The van der Waals surface area contributed by atoms with Crippen molar-refractivity contribution in [1.82, 2.24) is 5.32 Å². The number of carbonyl (C=O) groups excluding carboxylic acids is 1. The van der Waals surface area contributed by atoms with E-state index in [1.807, 2.05) is 31.2 Å². The highest BCUT2D eigenvalue weighted by Gasteiger charge is 2.16. The van der Waals surface area contributed by atoms with E-state index in [1.165, 1.54) is 6.08 Å². The molecule has 0 saturated carbocycles. The average molecular weight is 432 g/mol. The monoisotopic (exact) mass is 431 g/mol. The molecule has 0 aliphatic heterocycles. The number of carboxylic acids is 1. The lowest BCUT2D eigenvalue weighted by Gasteiger charge is -2.12. The van der Waals surface area contributed by atoms with Crippen LogP contribution in [0.2, 0.25) is 0 Å². The Kier molecular flexibility index (Phi) is 7.61. The van der Waals surface area contributed by atoms with Gasteiger partial charge in [-0.25, -0.2) is 4.79 Å². The fourth-order valence-corrected chi connectivity index (χ4v) is 2.79. The molecule has 0 saturated heterocycles. The maximum atomic E-state index is 12.1. The molecule has 6 heteroatoms. The van der Waals surface area contributed by atoms with Gasteiger partial charge in [-0.2, -0.15) is 0 Å². The van der Waals surface area contributed by atoms with Crippen molar-refractivity contribution in [1.29, 1.82) is 0 Å². The van der Waals surface area contributed by atoms with Crippen molar-refractivity contribution in [2.75, 3.05) is 0 Å². The van der Waals surface area contributed by atoms with Gasteiger partial charge < -0.3 is 15.2 Å². The van der Waals surface area contributed by atoms with E-state index >= 15 is 0 Å². The van der Waals surface area contributed by atoms with Gasteiger partial charge in [-0.3, -0.25) is 4.79 Å². The molecular formula is C21H22BrNO4. The Morgan fingerprint density at radius 3 is 2.44 bits per heavy atom. The highest BCUT2D eigenvalue weighted by atomic mass is 79.9. The molecule has 0 aliphatic rings. The molecular weight excluding hydrogens is 410 g/mol. The molecule has 142 valence electrons. The van der Waals surface area contributed by atoms with Crippen molar-refractivity contribution in [3.63, 3.8) is 0 Å². The number of hydrogen-bond acceptors (Lipinski definition) is 3. The number of ether oxygens (including phenoxy) is 1. The van der Waals surface area contributed by atoms with Crippen LogP contribution in [0.3, 0.4) is 0 Å². The summed E-state index contributed by atoms with van der Waals surface area (Å²) in [6.07, 6.45) is 3.00. The molecule has 5 nitrogen and oxygen atoms in total. The summed E-state index contributed by atoms with van der Waals surface area (Å²) in [5, 5.41) is 11.9. The standard InChI is InChI=1S/C21H22BrNO4/c1-3-6-14(2)20(24)23-18(21(25)26)13-15-9-11-16(12-10-15)27-19-8-5-4-7-17(19)22/h4-5,7-14H,3,6H2,1-2H3,(H,23,24)(H,25,26). The van der Waals surface area contributed by atoms with Crippen molar-refractivity contribution in [2.45, 2.75) is 26.7 Å². The minimum Gasteiger partial charge on any atom is -0.477 e. The van der Waals surface area contributed by atoms with Crippen molar-refractivity contribution in [3.05, 3.63) is 64.3 Å². The van der Waals surface area contributed by atoms with Crippen LogP contribution >= 0.6 is 15.9 Å². The summed E-state index contributed by atoms with van der Waals surface area (Å²) in [4.78, 5) is 23.5. The topological polar surface area (TPSA) is 75.6 Å². The smallest absolute Gasteiger partial charge is 0.352 e. The van der Waals surface area contributed by atoms with E-state index in [-0.39, 0.29) is 17.5 Å². The number of aliphatic carboxylic acids is 1. The van der Waals surface area contributed by atoms with Crippen molar-refractivity contribution < 1.29 is 19.4 Å². The summed E-state index contributed by atoms with van der Waals surface area (Å²) in [5.74, 6) is -0.404. The zero-order valence-corrected chi connectivity index (χ0v) is 16.8. The van der Waals surface area contributed by atoms with Gasteiger partial charge >= 0.3 is 5.97 Å².